The summed E-state index contributed by atoms with van der Waals surface area (Å²) >= 11 is 0. The molecule has 4 rings (SSSR count). The number of hydrogen-bond donors (Lipinski definition) is 0. The summed E-state index contributed by atoms with van der Waals surface area (Å²) in [5.74, 6) is 1.92. The number of nitrogens with zero attached hydrogens (tertiary/aromatic N) is 3. The molecule has 160 valence electrons. The van der Waals surface area contributed by atoms with Crippen molar-refractivity contribution in [3.63, 3.8) is 0 Å². The van der Waals surface area contributed by atoms with Gasteiger partial charge in [0.15, 0.2) is 0 Å². The van der Waals surface area contributed by atoms with E-state index in [1.54, 1.807) is 12.1 Å². The number of imidazole rings is 1. The maximum absolute atomic E-state index is 13.1. The van der Waals surface area contributed by atoms with E-state index < -0.39 is 0 Å². The van der Waals surface area contributed by atoms with Gasteiger partial charge < -0.3 is 9.30 Å². The smallest absolute Gasteiger partial charge is 0.326 e. The van der Waals surface area contributed by atoms with Gasteiger partial charge in [-0.15, -0.1) is 0 Å². The second-order valence-electron chi connectivity index (χ2n) is 9.06. The summed E-state index contributed by atoms with van der Waals surface area (Å²) in [4.78, 5) is 17.8. The molecule has 2 aromatic carbocycles. The van der Waals surface area contributed by atoms with E-state index >= 15 is 0 Å². The lowest BCUT2D eigenvalue weighted by molar-refractivity contribution is -0.156. The van der Waals surface area contributed by atoms with Crippen molar-refractivity contribution in [1.29, 1.82) is 5.26 Å². The maximum Gasteiger partial charge on any atom is 0.326 e. The predicted molar refractivity (Wildman–Crippen MR) is 121 cm³/mol. The van der Waals surface area contributed by atoms with Crippen LogP contribution in [0.3, 0.4) is 0 Å². The first-order valence-electron chi connectivity index (χ1n) is 11.1. The number of rotatable bonds is 5. The van der Waals surface area contributed by atoms with Gasteiger partial charge in [-0.3, -0.25) is 4.79 Å². The van der Waals surface area contributed by atoms with Gasteiger partial charge >= 0.3 is 5.97 Å². The molecular weight excluding hydrogens is 386 g/mol. The first kappa shape index (κ1) is 21.1. The number of hydrogen-bond acceptors (Lipinski definition) is 4. The lowest BCUT2D eigenvalue weighted by atomic mass is 9.75. The van der Waals surface area contributed by atoms with E-state index in [1.807, 2.05) is 41.0 Å². The van der Waals surface area contributed by atoms with Crippen molar-refractivity contribution in [3.05, 3.63) is 54.1 Å². The van der Waals surface area contributed by atoms with Crippen LogP contribution in [0.5, 0.6) is 0 Å². The monoisotopic (exact) mass is 415 g/mol. The van der Waals surface area contributed by atoms with E-state index in [1.165, 1.54) is 6.42 Å². The molecule has 0 unspecified atom stereocenters. The van der Waals surface area contributed by atoms with Gasteiger partial charge in [-0.1, -0.05) is 51.5 Å². The highest BCUT2D eigenvalue weighted by molar-refractivity contribution is 5.83. The number of carbonyl (C=O) groups is 1. The topological polar surface area (TPSA) is 67.9 Å². The molecule has 0 bridgehead atoms. The molecule has 1 saturated carbocycles. The van der Waals surface area contributed by atoms with Gasteiger partial charge in [0, 0.05) is 5.56 Å². The molecule has 1 fully saturated rings. The molecular formula is C26H29N3O2. The Morgan fingerprint density at radius 3 is 2.81 bits per heavy atom. The average molecular weight is 416 g/mol. The summed E-state index contributed by atoms with van der Waals surface area (Å²) in [6.07, 6.45) is 3.20. The molecule has 0 amide bonds. The van der Waals surface area contributed by atoms with Gasteiger partial charge in [-0.2, -0.15) is 5.26 Å². The van der Waals surface area contributed by atoms with Crippen LogP contribution >= 0.6 is 0 Å². The second kappa shape index (κ2) is 8.93. The molecule has 0 aliphatic heterocycles. The van der Waals surface area contributed by atoms with Crippen LogP contribution in [0.15, 0.2) is 48.5 Å². The van der Waals surface area contributed by atoms with Gasteiger partial charge in [0.25, 0.3) is 0 Å². The molecule has 5 heteroatoms. The maximum atomic E-state index is 13.1. The first-order chi connectivity index (χ1) is 15.0. The Hall–Kier alpha value is -3.13. The average Bonchev–Trinajstić information content (AvgIpc) is 3.12. The highest BCUT2D eigenvalue weighted by Crippen LogP contribution is 2.35. The molecule has 1 aliphatic carbocycles. The number of para-hydroxylation sites is 2. The third-order valence-electron chi connectivity index (χ3n) is 6.44. The second-order valence-corrected chi connectivity index (χ2v) is 9.06. The van der Waals surface area contributed by atoms with Crippen LogP contribution in [0.4, 0.5) is 0 Å². The molecule has 0 radical (unpaired) electrons. The summed E-state index contributed by atoms with van der Waals surface area (Å²) in [7, 11) is 0. The van der Waals surface area contributed by atoms with E-state index in [0.717, 1.165) is 29.4 Å². The zero-order valence-corrected chi connectivity index (χ0v) is 18.4. The summed E-state index contributed by atoms with van der Waals surface area (Å²) in [5, 5.41) is 9.29. The molecule has 3 atom stereocenters. The van der Waals surface area contributed by atoms with Crippen LogP contribution in [0, 0.1) is 29.1 Å². The van der Waals surface area contributed by atoms with Crippen LogP contribution in [0.1, 0.15) is 45.6 Å². The highest BCUT2D eigenvalue weighted by Gasteiger charge is 2.33. The lowest BCUT2D eigenvalue weighted by Crippen LogP contribution is -2.36. The van der Waals surface area contributed by atoms with Gasteiger partial charge in [-0.05, 0) is 54.9 Å². The highest BCUT2D eigenvalue weighted by atomic mass is 16.5. The van der Waals surface area contributed by atoms with E-state index in [0.29, 0.717) is 29.1 Å². The molecule has 1 aliphatic rings. The fourth-order valence-corrected chi connectivity index (χ4v) is 4.77. The molecule has 5 nitrogen and oxygen atoms in total. The fraction of sp³-hybridized carbons (Fsp3) is 0.423. The Balaban J connectivity index is 1.64. The largest absolute Gasteiger partial charge is 0.461 e. The lowest BCUT2D eigenvalue weighted by Gasteiger charge is -2.36. The minimum Gasteiger partial charge on any atom is -0.461 e. The van der Waals surface area contributed by atoms with Crippen molar-refractivity contribution in [2.45, 2.75) is 52.7 Å². The van der Waals surface area contributed by atoms with E-state index in [4.69, 9.17) is 9.72 Å². The number of benzene rings is 2. The molecule has 1 heterocycles. The molecule has 0 N–H and O–H groups in total. The summed E-state index contributed by atoms with van der Waals surface area (Å²) in [6.45, 7) is 6.76. The number of esters is 1. The van der Waals surface area contributed by atoms with Gasteiger partial charge in [0.1, 0.15) is 18.5 Å². The Bertz CT molecular complexity index is 1130. The number of carbonyl (C=O) groups excluding carboxylic acids is 1. The van der Waals surface area contributed by atoms with Crippen LogP contribution in [0.2, 0.25) is 0 Å². The minimum absolute atomic E-state index is 0.0311. The van der Waals surface area contributed by atoms with Crippen molar-refractivity contribution in [2.24, 2.45) is 17.8 Å². The summed E-state index contributed by atoms with van der Waals surface area (Å²) < 4.78 is 7.96. The molecule has 1 aromatic heterocycles. The number of nitriles is 1. The summed E-state index contributed by atoms with van der Waals surface area (Å²) in [6, 6.07) is 17.3. The summed E-state index contributed by atoms with van der Waals surface area (Å²) in [5.41, 5.74) is 3.08. The van der Waals surface area contributed by atoms with Crippen LogP contribution in [-0.4, -0.2) is 21.6 Å². The Morgan fingerprint density at radius 2 is 2.03 bits per heavy atom. The predicted octanol–water partition coefficient (Wildman–Crippen LogP) is 5.58. The third-order valence-corrected chi connectivity index (χ3v) is 6.44. The SMILES string of the molecule is CC(C)[C@@H]1CC[C@@H](C)C[C@H]1OC(=O)Cn1c(-c2cccc(C#N)c2)nc2ccccc21. The standard InChI is InChI=1S/C26H29N3O2/c1-17(2)21-12-11-18(3)13-24(21)31-25(30)16-29-23-10-5-4-9-22(23)28-26(29)20-8-6-7-19(14-20)15-27/h4-10,14,17-18,21,24H,11-13,16H2,1-3H3/t18-,21+,24-/m1/s1. The van der Waals surface area contributed by atoms with Crippen LogP contribution < -0.4 is 0 Å². The van der Waals surface area contributed by atoms with Crippen molar-refractivity contribution in [3.8, 4) is 17.5 Å². The fourth-order valence-electron chi connectivity index (χ4n) is 4.77. The normalized spacial score (nSPS) is 21.2. The van der Waals surface area contributed by atoms with Crippen LogP contribution in [0.25, 0.3) is 22.4 Å². The van der Waals surface area contributed by atoms with Gasteiger partial charge in [-0.25, -0.2) is 4.98 Å². The van der Waals surface area contributed by atoms with E-state index in [-0.39, 0.29) is 18.6 Å². The van der Waals surface area contributed by atoms with Crippen molar-refractivity contribution >= 4 is 17.0 Å². The molecule has 0 saturated heterocycles. The number of ether oxygens (including phenoxy) is 1. The molecule has 31 heavy (non-hydrogen) atoms. The Morgan fingerprint density at radius 1 is 1.23 bits per heavy atom. The minimum atomic E-state index is -0.231. The number of fused-ring (bicyclic) bond motifs is 1. The quantitative estimate of drug-likeness (QED) is 0.510. The van der Waals surface area contributed by atoms with E-state index in [2.05, 4.69) is 26.8 Å². The zero-order valence-electron chi connectivity index (χ0n) is 18.4. The first-order valence-corrected chi connectivity index (χ1v) is 11.1. The van der Waals surface area contributed by atoms with Crippen molar-refractivity contribution < 1.29 is 9.53 Å². The van der Waals surface area contributed by atoms with Crippen molar-refractivity contribution in [2.75, 3.05) is 0 Å². The number of aromatic nitrogens is 2. The van der Waals surface area contributed by atoms with E-state index in [9.17, 15) is 10.1 Å². The van der Waals surface area contributed by atoms with Gasteiger partial charge in [0.05, 0.1) is 22.7 Å². The molecule has 0 spiro atoms. The third kappa shape index (κ3) is 4.49. The molecule has 3 aromatic rings. The van der Waals surface area contributed by atoms with Crippen LogP contribution in [-0.2, 0) is 16.1 Å². The Kier molecular flexibility index (Phi) is 6.08. The van der Waals surface area contributed by atoms with Crippen molar-refractivity contribution in [1.82, 2.24) is 9.55 Å². The zero-order chi connectivity index (χ0) is 22.0. The van der Waals surface area contributed by atoms with Gasteiger partial charge in [0.2, 0.25) is 0 Å². The Labute approximate surface area is 183 Å².